The number of carbonyl (C=O) groups is 3. The first-order chi connectivity index (χ1) is 18.4. The minimum absolute atomic E-state index is 0.0984. The average molecular weight is 540 g/mol. The van der Waals surface area contributed by atoms with E-state index in [0.29, 0.717) is 19.5 Å². The number of ether oxygens (including phenoxy) is 3. The predicted molar refractivity (Wildman–Crippen MR) is 148 cm³/mol. The van der Waals surface area contributed by atoms with Gasteiger partial charge in [-0.25, -0.2) is 14.4 Å². The van der Waals surface area contributed by atoms with E-state index >= 15 is 0 Å². The molecule has 1 aliphatic rings. The Balaban J connectivity index is 1.56. The molecule has 1 fully saturated rings. The molecular formula is C30H41N3O6. The molecule has 3 amide bonds. The number of benzene rings is 2. The quantitative estimate of drug-likeness (QED) is 0.349. The molecule has 0 unspecified atom stereocenters. The van der Waals surface area contributed by atoms with Crippen molar-refractivity contribution in [3.05, 3.63) is 71.8 Å². The van der Waals surface area contributed by atoms with Gasteiger partial charge in [0.25, 0.3) is 0 Å². The second-order valence-electron chi connectivity index (χ2n) is 11.5. The number of alkyl carbamates (subject to hydrolysis) is 3. The van der Waals surface area contributed by atoms with Crippen LogP contribution in [0.3, 0.4) is 0 Å². The van der Waals surface area contributed by atoms with Crippen molar-refractivity contribution in [2.75, 3.05) is 13.1 Å². The minimum atomic E-state index is -0.589. The Morgan fingerprint density at radius 3 is 1.69 bits per heavy atom. The summed E-state index contributed by atoms with van der Waals surface area (Å²) in [6.45, 7) is 10.5. The molecule has 1 aliphatic carbocycles. The number of carbonyl (C=O) groups excluding carboxylic acids is 3. The average Bonchev–Trinajstić information content (AvgIpc) is 2.89. The van der Waals surface area contributed by atoms with Crippen molar-refractivity contribution in [1.82, 2.24) is 16.0 Å². The summed E-state index contributed by atoms with van der Waals surface area (Å²) < 4.78 is 16.1. The zero-order chi connectivity index (χ0) is 28.5. The van der Waals surface area contributed by atoms with Crippen molar-refractivity contribution in [2.24, 2.45) is 17.3 Å². The Bertz CT molecular complexity index is 1030. The maximum Gasteiger partial charge on any atom is 0.407 e. The summed E-state index contributed by atoms with van der Waals surface area (Å²) in [5, 5.41) is 8.66. The molecule has 212 valence electrons. The van der Waals surface area contributed by atoms with Gasteiger partial charge < -0.3 is 30.2 Å². The Kier molecular flexibility index (Phi) is 10.2. The standard InChI is InChI=1S/C30H41N3O6/c1-29(2,3)39-28(36)33-25-16-24(30(25,4)5)23(17-31-26(34)37-19-21-12-8-6-9-13-21)18-32-27(35)38-20-22-14-10-7-11-15-22/h6-15,23-25H,16-20H2,1-5H3,(H,31,34)(H,32,35)(H,33,36)/t24-,25-/m1/s1. The van der Waals surface area contributed by atoms with Gasteiger partial charge in [-0.05, 0) is 55.6 Å². The number of nitrogens with one attached hydrogen (secondary N) is 3. The van der Waals surface area contributed by atoms with Crippen LogP contribution in [0.4, 0.5) is 14.4 Å². The van der Waals surface area contributed by atoms with E-state index in [1.807, 2.05) is 81.4 Å². The highest BCUT2D eigenvalue weighted by atomic mass is 16.6. The van der Waals surface area contributed by atoms with Crippen molar-refractivity contribution >= 4 is 18.3 Å². The normalized spacial score (nSPS) is 17.9. The highest BCUT2D eigenvalue weighted by Gasteiger charge is 2.52. The Hall–Kier alpha value is -3.75. The first kappa shape index (κ1) is 29.8. The highest BCUT2D eigenvalue weighted by molar-refractivity contribution is 5.69. The lowest BCUT2D eigenvalue weighted by molar-refractivity contribution is -0.0320. The van der Waals surface area contributed by atoms with Gasteiger partial charge in [-0.15, -0.1) is 0 Å². The van der Waals surface area contributed by atoms with E-state index in [1.54, 1.807) is 0 Å². The largest absolute Gasteiger partial charge is 0.445 e. The van der Waals surface area contributed by atoms with E-state index < -0.39 is 23.9 Å². The lowest BCUT2D eigenvalue weighted by Crippen LogP contribution is -2.62. The van der Waals surface area contributed by atoms with Crippen molar-refractivity contribution in [3.8, 4) is 0 Å². The molecule has 39 heavy (non-hydrogen) atoms. The molecule has 3 rings (SSSR count). The van der Waals surface area contributed by atoms with Gasteiger partial charge in [-0.1, -0.05) is 74.5 Å². The zero-order valence-electron chi connectivity index (χ0n) is 23.5. The third kappa shape index (κ3) is 9.50. The predicted octanol–water partition coefficient (Wildman–Crippen LogP) is 5.39. The molecule has 9 nitrogen and oxygen atoms in total. The molecule has 3 N–H and O–H groups in total. The van der Waals surface area contributed by atoms with Gasteiger partial charge in [0.05, 0.1) is 0 Å². The number of hydrogen-bond acceptors (Lipinski definition) is 6. The van der Waals surface area contributed by atoms with E-state index in [-0.39, 0.29) is 36.5 Å². The fourth-order valence-electron chi connectivity index (χ4n) is 4.79. The van der Waals surface area contributed by atoms with E-state index in [0.717, 1.165) is 11.1 Å². The summed E-state index contributed by atoms with van der Waals surface area (Å²) in [6, 6.07) is 18.8. The van der Waals surface area contributed by atoms with Gasteiger partial charge in [0.15, 0.2) is 0 Å². The molecule has 1 saturated carbocycles. The third-order valence-electron chi connectivity index (χ3n) is 7.05. The van der Waals surface area contributed by atoms with Crippen LogP contribution >= 0.6 is 0 Å². The monoisotopic (exact) mass is 539 g/mol. The highest BCUT2D eigenvalue weighted by Crippen LogP contribution is 2.50. The van der Waals surface area contributed by atoms with Crippen LogP contribution < -0.4 is 16.0 Å². The van der Waals surface area contributed by atoms with Crippen LogP contribution in [0, 0.1) is 17.3 Å². The molecule has 0 aliphatic heterocycles. The van der Waals surface area contributed by atoms with Crippen LogP contribution in [0.5, 0.6) is 0 Å². The second kappa shape index (κ2) is 13.4. The molecule has 0 saturated heterocycles. The summed E-state index contributed by atoms with van der Waals surface area (Å²) in [5.41, 5.74) is 0.896. The zero-order valence-corrected chi connectivity index (χ0v) is 23.5. The van der Waals surface area contributed by atoms with Crippen molar-refractivity contribution in [2.45, 2.75) is 65.9 Å². The molecule has 2 atom stereocenters. The maximum atomic E-state index is 12.4. The van der Waals surface area contributed by atoms with Gasteiger partial charge in [0.2, 0.25) is 0 Å². The van der Waals surface area contributed by atoms with Crippen molar-refractivity contribution < 1.29 is 28.6 Å². The summed E-state index contributed by atoms with van der Waals surface area (Å²) >= 11 is 0. The fourth-order valence-corrected chi connectivity index (χ4v) is 4.79. The van der Waals surface area contributed by atoms with Crippen LogP contribution in [-0.4, -0.2) is 43.0 Å². The molecule has 0 radical (unpaired) electrons. The Morgan fingerprint density at radius 2 is 1.28 bits per heavy atom. The third-order valence-corrected chi connectivity index (χ3v) is 7.05. The first-order valence-corrected chi connectivity index (χ1v) is 13.3. The summed E-state index contributed by atoms with van der Waals surface area (Å²) in [6.07, 6.45) is -0.841. The fraction of sp³-hybridized carbons (Fsp3) is 0.500. The second-order valence-corrected chi connectivity index (χ2v) is 11.5. The van der Waals surface area contributed by atoms with Gasteiger partial charge in [0, 0.05) is 19.1 Å². The molecule has 9 heteroatoms. The van der Waals surface area contributed by atoms with Gasteiger partial charge in [0.1, 0.15) is 18.8 Å². The SMILES string of the molecule is CC(C)(C)OC(=O)N[C@@H]1C[C@H](C(CNC(=O)OCc2ccccc2)CNC(=O)OCc2ccccc2)C1(C)C. The van der Waals surface area contributed by atoms with Gasteiger partial charge >= 0.3 is 18.3 Å². The van der Waals surface area contributed by atoms with Crippen LogP contribution in [0.2, 0.25) is 0 Å². The van der Waals surface area contributed by atoms with E-state index in [9.17, 15) is 14.4 Å². The van der Waals surface area contributed by atoms with Crippen LogP contribution in [-0.2, 0) is 27.4 Å². The minimum Gasteiger partial charge on any atom is -0.445 e. The Labute approximate surface area is 231 Å². The summed E-state index contributed by atoms with van der Waals surface area (Å²) in [5.74, 6) is -0.0217. The lowest BCUT2D eigenvalue weighted by atomic mass is 9.54. The molecule has 0 aromatic heterocycles. The lowest BCUT2D eigenvalue weighted by Gasteiger charge is -2.55. The molecule has 2 aromatic carbocycles. The van der Waals surface area contributed by atoms with Crippen molar-refractivity contribution in [3.63, 3.8) is 0 Å². The van der Waals surface area contributed by atoms with Gasteiger partial charge in [-0.2, -0.15) is 0 Å². The smallest absolute Gasteiger partial charge is 0.407 e. The maximum absolute atomic E-state index is 12.4. The number of hydrogen-bond donors (Lipinski definition) is 3. The molecule has 0 bridgehead atoms. The first-order valence-electron chi connectivity index (χ1n) is 13.3. The van der Waals surface area contributed by atoms with Crippen LogP contribution in [0.25, 0.3) is 0 Å². The van der Waals surface area contributed by atoms with Crippen molar-refractivity contribution in [1.29, 1.82) is 0 Å². The summed E-state index contributed by atoms with van der Waals surface area (Å²) in [4.78, 5) is 37.2. The molecule has 0 heterocycles. The molecule has 2 aromatic rings. The molecular weight excluding hydrogens is 498 g/mol. The van der Waals surface area contributed by atoms with Gasteiger partial charge in [-0.3, -0.25) is 0 Å². The van der Waals surface area contributed by atoms with E-state index in [1.165, 1.54) is 0 Å². The van der Waals surface area contributed by atoms with Crippen LogP contribution in [0.1, 0.15) is 52.2 Å². The topological polar surface area (TPSA) is 115 Å². The molecule has 0 spiro atoms. The number of rotatable bonds is 10. The Morgan fingerprint density at radius 1 is 0.821 bits per heavy atom. The van der Waals surface area contributed by atoms with E-state index in [2.05, 4.69) is 29.8 Å². The van der Waals surface area contributed by atoms with Crippen LogP contribution in [0.15, 0.2) is 60.7 Å². The number of amides is 3. The summed E-state index contributed by atoms with van der Waals surface area (Å²) in [7, 11) is 0. The van der Waals surface area contributed by atoms with E-state index in [4.69, 9.17) is 14.2 Å².